The normalized spacial score (nSPS) is 22.9. The predicted molar refractivity (Wildman–Crippen MR) is 72.9 cm³/mol. The van der Waals surface area contributed by atoms with Crippen LogP contribution in [0.5, 0.6) is 0 Å². The second-order valence-electron chi connectivity index (χ2n) is 4.58. The first-order chi connectivity index (χ1) is 8.76. The van der Waals surface area contributed by atoms with E-state index in [9.17, 15) is 4.39 Å². The molecule has 2 nitrogen and oxygen atoms in total. The molecule has 1 aliphatic carbocycles. The Morgan fingerprint density at radius 2 is 2.33 bits per heavy atom. The number of halogens is 1. The Bertz CT molecular complexity index is 456. The number of rotatable bonds is 4. The quantitative estimate of drug-likeness (QED) is 0.908. The van der Waals surface area contributed by atoms with Crippen molar-refractivity contribution in [2.24, 2.45) is 0 Å². The van der Waals surface area contributed by atoms with Gasteiger partial charge in [0.25, 0.3) is 0 Å². The largest absolute Gasteiger partial charge is 0.309 e. The summed E-state index contributed by atoms with van der Waals surface area (Å²) in [4.78, 5) is 0. The first-order valence-electron chi connectivity index (χ1n) is 6.20. The van der Waals surface area contributed by atoms with Gasteiger partial charge in [-0.05, 0) is 25.2 Å². The van der Waals surface area contributed by atoms with E-state index in [-0.39, 0.29) is 11.4 Å². The van der Waals surface area contributed by atoms with Gasteiger partial charge in [-0.2, -0.15) is 17.0 Å². The van der Waals surface area contributed by atoms with E-state index in [1.165, 1.54) is 18.9 Å². The lowest BCUT2D eigenvalue weighted by Gasteiger charge is -2.19. The zero-order chi connectivity index (χ0) is 13.0. The van der Waals surface area contributed by atoms with Crippen LogP contribution in [0, 0.1) is 17.1 Å². The van der Waals surface area contributed by atoms with E-state index in [1.807, 2.05) is 17.8 Å². The second kappa shape index (κ2) is 6.21. The Balaban J connectivity index is 2.00. The van der Waals surface area contributed by atoms with Crippen LogP contribution in [0.3, 0.4) is 0 Å². The lowest BCUT2D eigenvalue weighted by atomic mass is 10.1. The second-order valence-corrected chi connectivity index (χ2v) is 5.66. The molecule has 0 amide bonds. The molecule has 1 saturated carbocycles. The van der Waals surface area contributed by atoms with Gasteiger partial charge < -0.3 is 5.32 Å². The molecule has 0 aromatic heterocycles. The predicted octanol–water partition coefficient (Wildman–Crippen LogP) is 3.07. The lowest BCUT2D eigenvalue weighted by Crippen LogP contribution is -2.33. The van der Waals surface area contributed by atoms with Crippen LogP contribution < -0.4 is 5.32 Å². The minimum Gasteiger partial charge on any atom is -0.309 e. The molecule has 2 atom stereocenters. The highest BCUT2D eigenvalue weighted by atomic mass is 32.2. The van der Waals surface area contributed by atoms with Crippen molar-refractivity contribution in [2.45, 2.75) is 37.1 Å². The van der Waals surface area contributed by atoms with Gasteiger partial charge in [-0.3, -0.25) is 0 Å². The Kier molecular flexibility index (Phi) is 4.62. The third-order valence-electron chi connectivity index (χ3n) is 3.51. The average molecular weight is 264 g/mol. The van der Waals surface area contributed by atoms with E-state index in [0.29, 0.717) is 23.4 Å². The fourth-order valence-corrected chi connectivity index (χ4v) is 3.45. The zero-order valence-electron chi connectivity index (χ0n) is 10.4. The molecule has 0 heterocycles. The molecule has 96 valence electrons. The first kappa shape index (κ1) is 13.4. The molecule has 0 aliphatic heterocycles. The van der Waals surface area contributed by atoms with Gasteiger partial charge in [-0.15, -0.1) is 0 Å². The number of nitriles is 1. The number of nitrogens with zero attached hydrogens (tertiary/aromatic N) is 1. The minimum absolute atomic E-state index is 0.127. The fraction of sp³-hybridized carbons (Fsp3) is 0.500. The molecule has 1 aromatic rings. The third kappa shape index (κ3) is 2.85. The Hall–Kier alpha value is -1.05. The van der Waals surface area contributed by atoms with E-state index < -0.39 is 0 Å². The fourth-order valence-electron chi connectivity index (χ4n) is 2.49. The molecule has 0 spiro atoms. The number of hydrogen-bond donors (Lipinski definition) is 1. The lowest BCUT2D eigenvalue weighted by molar-refractivity contribution is 0.514. The van der Waals surface area contributed by atoms with Crippen LogP contribution in [0.25, 0.3) is 0 Å². The van der Waals surface area contributed by atoms with Gasteiger partial charge in [-0.25, -0.2) is 4.39 Å². The van der Waals surface area contributed by atoms with Crippen molar-refractivity contribution < 1.29 is 4.39 Å². The maximum Gasteiger partial charge on any atom is 0.145 e. The molecule has 4 heteroatoms. The molecule has 0 saturated heterocycles. The van der Waals surface area contributed by atoms with E-state index in [1.54, 1.807) is 12.1 Å². The van der Waals surface area contributed by atoms with Crippen molar-refractivity contribution in [3.8, 4) is 6.07 Å². The van der Waals surface area contributed by atoms with Crippen LogP contribution in [0.1, 0.15) is 30.4 Å². The van der Waals surface area contributed by atoms with Crippen molar-refractivity contribution in [3.05, 3.63) is 35.1 Å². The average Bonchev–Trinajstić information content (AvgIpc) is 2.85. The Morgan fingerprint density at radius 3 is 3.06 bits per heavy atom. The summed E-state index contributed by atoms with van der Waals surface area (Å²) in [5.74, 6) is -0.383. The van der Waals surface area contributed by atoms with Crippen molar-refractivity contribution in [2.75, 3.05) is 6.26 Å². The Labute approximate surface area is 112 Å². The van der Waals surface area contributed by atoms with Gasteiger partial charge in [0, 0.05) is 23.4 Å². The number of benzene rings is 1. The molecule has 2 unspecified atom stereocenters. The summed E-state index contributed by atoms with van der Waals surface area (Å²) in [7, 11) is 0. The van der Waals surface area contributed by atoms with Crippen LogP contribution in [-0.4, -0.2) is 17.5 Å². The molecule has 0 bridgehead atoms. The van der Waals surface area contributed by atoms with Crippen LogP contribution >= 0.6 is 11.8 Å². The van der Waals surface area contributed by atoms with E-state index in [4.69, 9.17) is 5.26 Å². The van der Waals surface area contributed by atoms with Crippen molar-refractivity contribution in [1.29, 1.82) is 5.26 Å². The van der Waals surface area contributed by atoms with E-state index >= 15 is 0 Å². The van der Waals surface area contributed by atoms with Crippen LogP contribution in [0.15, 0.2) is 18.2 Å². The summed E-state index contributed by atoms with van der Waals surface area (Å²) in [5, 5.41) is 12.8. The number of nitrogens with one attached hydrogen (secondary N) is 1. The maximum atomic E-state index is 13.9. The molecule has 18 heavy (non-hydrogen) atoms. The summed E-state index contributed by atoms with van der Waals surface area (Å²) in [5.41, 5.74) is 0.711. The van der Waals surface area contributed by atoms with Gasteiger partial charge in [0.05, 0.1) is 5.56 Å². The van der Waals surface area contributed by atoms with Crippen molar-refractivity contribution in [3.63, 3.8) is 0 Å². The van der Waals surface area contributed by atoms with Crippen molar-refractivity contribution in [1.82, 2.24) is 5.32 Å². The minimum atomic E-state index is -0.383. The molecule has 1 fully saturated rings. The molecular weight excluding hydrogens is 247 g/mol. The smallest absolute Gasteiger partial charge is 0.145 e. The highest BCUT2D eigenvalue weighted by Gasteiger charge is 2.26. The van der Waals surface area contributed by atoms with Gasteiger partial charge in [0.15, 0.2) is 0 Å². The maximum absolute atomic E-state index is 13.9. The molecule has 1 N–H and O–H groups in total. The molecular formula is C14H17FN2S. The molecule has 2 rings (SSSR count). The van der Waals surface area contributed by atoms with Gasteiger partial charge in [0.2, 0.25) is 0 Å². The standard InChI is InChI=1S/C14H17FN2S/c1-18-13-7-3-6-12(13)17-9-11-5-2-4-10(8-16)14(11)15/h2,4-5,12-13,17H,3,6-7,9H2,1H3. The Morgan fingerprint density at radius 1 is 1.50 bits per heavy atom. The highest BCUT2D eigenvalue weighted by molar-refractivity contribution is 7.99. The van der Waals surface area contributed by atoms with E-state index in [0.717, 1.165) is 6.42 Å². The summed E-state index contributed by atoms with van der Waals surface area (Å²) in [6, 6.07) is 7.33. The monoisotopic (exact) mass is 264 g/mol. The first-order valence-corrected chi connectivity index (χ1v) is 7.48. The molecule has 0 radical (unpaired) electrons. The zero-order valence-corrected chi connectivity index (χ0v) is 11.3. The van der Waals surface area contributed by atoms with Gasteiger partial charge in [-0.1, -0.05) is 18.6 Å². The summed E-state index contributed by atoms with van der Waals surface area (Å²) in [6.07, 6.45) is 5.76. The number of thioether (sulfide) groups is 1. The third-order valence-corrected chi connectivity index (χ3v) is 4.68. The van der Waals surface area contributed by atoms with Gasteiger partial charge >= 0.3 is 0 Å². The summed E-state index contributed by atoms with van der Waals surface area (Å²) >= 11 is 1.88. The molecule has 1 aromatic carbocycles. The SMILES string of the molecule is CSC1CCCC1NCc1cccc(C#N)c1F. The van der Waals surface area contributed by atoms with Crippen LogP contribution in [-0.2, 0) is 6.54 Å². The van der Waals surface area contributed by atoms with Crippen LogP contribution in [0.4, 0.5) is 4.39 Å². The number of hydrogen-bond acceptors (Lipinski definition) is 3. The summed E-state index contributed by atoms with van der Waals surface area (Å²) < 4.78 is 13.9. The van der Waals surface area contributed by atoms with E-state index in [2.05, 4.69) is 11.6 Å². The van der Waals surface area contributed by atoms with Crippen LogP contribution in [0.2, 0.25) is 0 Å². The highest BCUT2D eigenvalue weighted by Crippen LogP contribution is 2.28. The summed E-state index contributed by atoms with van der Waals surface area (Å²) in [6.45, 7) is 0.503. The van der Waals surface area contributed by atoms with Crippen molar-refractivity contribution >= 4 is 11.8 Å². The topological polar surface area (TPSA) is 35.8 Å². The molecule has 1 aliphatic rings. The van der Waals surface area contributed by atoms with Gasteiger partial charge in [0.1, 0.15) is 11.9 Å².